The predicted octanol–water partition coefficient (Wildman–Crippen LogP) is 0.771. The molecule has 0 aliphatic carbocycles. The Morgan fingerprint density at radius 2 is 1.68 bits per heavy atom. The molecule has 8 heteroatoms. The van der Waals surface area contributed by atoms with Crippen molar-refractivity contribution in [3.63, 3.8) is 0 Å². The van der Waals surface area contributed by atoms with Gasteiger partial charge in [-0.1, -0.05) is 15.9 Å². The summed E-state index contributed by atoms with van der Waals surface area (Å²) >= 11 is 3.32. The van der Waals surface area contributed by atoms with Crippen molar-refractivity contribution >= 4 is 27.7 Å². The van der Waals surface area contributed by atoms with Gasteiger partial charge >= 0.3 is 0 Å². The van der Waals surface area contributed by atoms with E-state index in [1.165, 1.54) is 6.07 Å². The van der Waals surface area contributed by atoms with E-state index in [0.717, 1.165) is 17.6 Å². The van der Waals surface area contributed by atoms with E-state index in [-0.39, 0.29) is 23.1 Å². The number of hydrogen-bond donors (Lipinski definition) is 1. The van der Waals surface area contributed by atoms with Gasteiger partial charge in [-0.15, -0.1) is 0 Å². The molecule has 1 N–H and O–H groups in total. The summed E-state index contributed by atoms with van der Waals surface area (Å²) in [6, 6.07) is 4.81. The molecule has 0 radical (unpaired) electrons. The SMILES string of the molecule is O=C(CN1CCOCC1)N1CCN(C(=O)c2cc(Br)ccc2O)CC1. The number of hydrogen-bond acceptors (Lipinski definition) is 5. The molecule has 0 unspecified atom stereocenters. The van der Waals surface area contributed by atoms with Gasteiger partial charge in [0, 0.05) is 43.7 Å². The average Bonchev–Trinajstić information content (AvgIpc) is 2.64. The Morgan fingerprint density at radius 1 is 1.04 bits per heavy atom. The molecular formula is C17H22BrN3O4. The maximum absolute atomic E-state index is 12.6. The summed E-state index contributed by atoms with van der Waals surface area (Å²) in [5.74, 6) is -0.141. The number of morpholine rings is 1. The van der Waals surface area contributed by atoms with Crippen molar-refractivity contribution in [2.45, 2.75) is 0 Å². The van der Waals surface area contributed by atoms with Gasteiger partial charge in [0.2, 0.25) is 5.91 Å². The van der Waals surface area contributed by atoms with E-state index in [9.17, 15) is 14.7 Å². The van der Waals surface area contributed by atoms with Crippen molar-refractivity contribution in [1.29, 1.82) is 0 Å². The van der Waals surface area contributed by atoms with Crippen LogP contribution in [0.15, 0.2) is 22.7 Å². The second-order valence-electron chi connectivity index (χ2n) is 6.22. The van der Waals surface area contributed by atoms with Crippen molar-refractivity contribution in [2.75, 3.05) is 59.0 Å². The third-order valence-electron chi connectivity index (χ3n) is 4.57. The van der Waals surface area contributed by atoms with Crippen molar-refractivity contribution in [2.24, 2.45) is 0 Å². The first kappa shape index (κ1) is 18.2. The van der Waals surface area contributed by atoms with E-state index in [4.69, 9.17) is 4.74 Å². The highest BCUT2D eigenvalue weighted by Crippen LogP contribution is 2.23. The molecule has 2 aliphatic rings. The Hall–Kier alpha value is -1.64. The quantitative estimate of drug-likeness (QED) is 0.794. The van der Waals surface area contributed by atoms with Crippen LogP contribution in [0.2, 0.25) is 0 Å². The molecule has 2 saturated heterocycles. The molecule has 2 amide bonds. The number of rotatable bonds is 3. The Balaban J connectivity index is 1.53. The minimum atomic E-state index is -0.209. The minimum absolute atomic E-state index is 0.0287. The normalized spacial score (nSPS) is 19.1. The maximum Gasteiger partial charge on any atom is 0.257 e. The van der Waals surface area contributed by atoms with Crippen LogP contribution in [-0.2, 0) is 9.53 Å². The summed E-state index contributed by atoms with van der Waals surface area (Å²) in [5, 5.41) is 9.91. The number of ether oxygens (including phenoxy) is 1. The highest BCUT2D eigenvalue weighted by Gasteiger charge is 2.27. The molecule has 0 spiro atoms. The zero-order valence-corrected chi connectivity index (χ0v) is 15.6. The molecule has 2 heterocycles. The molecule has 3 rings (SSSR count). The second kappa shape index (κ2) is 8.16. The summed E-state index contributed by atoms with van der Waals surface area (Å²) in [6.07, 6.45) is 0. The largest absolute Gasteiger partial charge is 0.507 e. The Bertz CT molecular complexity index is 641. The number of piperazine rings is 1. The zero-order valence-electron chi connectivity index (χ0n) is 14.0. The number of carbonyl (C=O) groups is 2. The number of amides is 2. The molecule has 0 saturated carbocycles. The van der Waals surface area contributed by atoms with E-state index >= 15 is 0 Å². The van der Waals surface area contributed by atoms with Gasteiger partial charge in [0.05, 0.1) is 25.3 Å². The number of aromatic hydroxyl groups is 1. The molecule has 7 nitrogen and oxygen atoms in total. The Kier molecular flexibility index (Phi) is 5.93. The molecule has 25 heavy (non-hydrogen) atoms. The maximum atomic E-state index is 12.6. The van der Waals surface area contributed by atoms with Crippen molar-refractivity contribution < 1.29 is 19.4 Å². The van der Waals surface area contributed by atoms with Crippen LogP contribution in [0.5, 0.6) is 5.75 Å². The van der Waals surface area contributed by atoms with Crippen LogP contribution in [0, 0.1) is 0 Å². The van der Waals surface area contributed by atoms with Gasteiger partial charge in [-0.05, 0) is 18.2 Å². The fourth-order valence-electron chi connectivity index (χ4n) is 3.06. The second-order valence-corrected chi connectivity index (χ2v) is 7.14. The topological polar surface area (TPSA) is 73.3 Å². The fraction of sp³-hybridized carbons (Fsp3) is 0.529. The molecule has 0 atom stereocenters. The van der Waals surface area contributed by atoms with E-state index in [0.29, 0.717) is 45.9 Å². The number of benzene rings is 1. The van der Waals surface area contributed by atoms with Gasteiger partial charge in [-0.3, -0.25) is 14.5 Å². The molecule has 136 valence electrons. The van der Waals surface area contributed by atoms with Crippen molar-refractivity contribution in [1.82, 2.24) is 14.7 Å². The molecule has 2 fully saturated rings. The third-order valence-corrected chi connectivity index (χ3v) is 5.06. The molecule has 1 aromatic rings. The van der Waals surface area contributed by atoms with Gasteiger partial charge in [0.1, 0.15) is 5.75 Å². The summed E-state index contributed by atoms with van der Waals surface area (Å²) in [7, 11) is 0. The van der Waals surface area contributed by atoms with Crippen LogP contribution in [0.1, 0.15) is 10.4 Å². The van der Waals surface area contributed by atoms with Crippen LogP contribution in [0.4, 0.5) is 0 Å². The number of phenolic OH excluding ortho intramolecular Hbond substituents is 1. The average molecular weight is 412 g/mol. The standard InChI is InChI=1S/C17H22BrN3O4/c18-13-1-2-15(22)14(11-13)17(24)21-5-3-20(4-6-21)16(23)12-19-7-9-25-10-8-19/h1-2,11,22H,3-10,12H2. The summed E-state index contributed by atoms with van der Waals surface area (Å²) < 4.78 is 6.04. The zero-order chi connectivity index (χ0) is 17.8. The number of nitrogens with zero attached hydrogens (tertiary/aromatic N) is 3. The number of phenols is 1. The summed E-state index contributed by atoms with van der Waals surface area (Å²) in [5.41, 5.74) is 0.280. The van der Waals surface area contributed by atoms with E-state index in [2.05, 4.69) is 20.8 Å². The van der Waals surface area contributed by atoms with Crippen LogP contribution >= 0.6 is 15.9 Å². The Morgan fingerprint density at radius 3 is 2.36 bits per heavy atom. The van der Waals surface area contributed by atoms with E-state index in [1.54, 1.807) is 21.9 Å². The number of halogens is 1. The summed E-state index contributed by atoms with van der Waals surface area (Å²) in [4.78, 5) is 30.6. The van der Waals surface area contributed by atoms with Gasteiger partial charge in [-0.25, -0.2) is 0 Å². The van der Waals surface area contributed by atoms with Gasteiger partial charge < -0.3 is 19.6 Å². The minimum Gasteiger partial charge on any atom is -0.507 e. The number of carbonyl (C=O) groups excluding carboxylic acids is 2. The van der Waals surface area contributed by atoms with Crippen LogP contribution in [-0.4, -0.2) is 90.6 Å². The van der Waals surface area contributed by atoms with Crippen molar-refractivity contribution in [3.8, 4) is 5.75 Å². The van der Waals surface area contributed by atoms with Crippen molar-refractivity contribution in [3.05, 3.63) is 28.2 Å². The molecule has 0 bridgehead atoms. The lowest BCUT2D eigenvalue weighted by atomic mass is 10.1. The first-order chi connectivity index (χ1) is 12.0. The predicted molar refractivity (Wildman–Crippen MR) is 95.5 cm³/mol. The highest BCUT2D eigenvalue weighted by molar-refractivity contribution is 9.10. The van der Waals surface area contributed by atoms with E-state index < -0.39 is 0 Å². The van der Waals surface area contributed by atoms with Gasteiger partial charge in [-0.2, -0.15) is 0 Å². The van der Waals surface area contributed by atoms with Crippen LogP contribution < -0.4 is 0 Å². The molecule has 1 aromatic carbocycles. The lowest BCUT2D eigenvalue weighted by Gasteiger charge is -2.36. The lowest BCUT2D eigenvalue weighted by molar-refractivity contribution is -0.134. The first-order valence-corrected chi connectivity index (χ1v) is 9.19. The fourth-order valence-corrected chi connectivity index (χ4v) is 3.42. The Labute approximate surface area is 155 Å². The van der Waals surface area contributed by atoms with Crippen LogP contribution in [0.3, 0.4) is 0 Å². The molecule has 2 aliphatic heterocycles. The van der Waals surface area contributed by atoms with Gasteiger partial charge in [0.15, 0.2) is 0 Å². The first-order valence-electron chi connectivity index (χ1n) is 8.40. The highest BCUT2D eigenvalue weighted by atomic mass is 79.9. The lowest BCUT2D eigenvalue weighted by Crippen LogP contribution is -2.53. The third kappa shape index (κ3) is 4.50. The smallest absolute Gasteiger partial charge is 0.257 e. The summed E-state index contributed by atoms with van der Waals surface area (Å²) in [6.45, 7) is 5.30. The van der Waals surface area contributed by atoms with Gasteiger partial charge in [0.25, 0.3) is 5.91 Å². The molecule has 0 aromatic heterocycles. The monoisotopic (exact) mass is 411 g/mol. The van der Waals surface area contributed by atoms with Crippen LogP contribution in [0.25, 0.3) is 0 Å². The van der Waals surface area contributed by atoms with E-state index in [1.807, 2.05) is 0 Å². The molecular weight excluding hydrogens is 390 g/mol.